The Hall–Kier alpha value is -1.06. The van der Waals surface area contributed by atoms with Crippen molar-refractivity contribution in [2.24, 2.45) is 0 Å². The van der Waals surface area contributed by atoms with Crippen molar-refractivity contribution in [3.05, 3.63) is 28.8 Å². The molecule has 1 aliphatic rings. The largest absolute Gasteiger partial charge is 0.507 e. The second-order valence-electron chi connectivity index (χ2n) is 7.34. The highest BCUT2D eigenvalue weighted by molar-refractivity contribution is 5.46. The van der Waals surface area contributed by atoms with E-state index in [1.165, 1.54) is 5.56 Å². The van der Waals surface area contributed by atoms with E-state index in [-0.39, 0.29) is 0 Å². The van der Waals surface area contributed by atoms with Gasteiger partial charge in [-0.2, -0.15) is 0 Å². The number of hydrogen-bond donors (Lipinski definition) is 1. The minimum atomic E-state index is 0.331. The van der Waals surface area contributed by atoms with E-state index >= 15 is 0 Å². The molecule has 2 atom stereocenters. The smallest absolute Gasteiger partial charge is 0.122 e. The number of morpholine rings is 1. The Bertz CT molecular complexity index is 471. The van der Waals surface area contributed by atoms with Crippen LogP contribution < -0.4 is 0 Å². The van der Waals surface area contributed by atoms with Crippen LogP contribution in [0.25, 0.3) is 0 Å². The fraction of sp³-hybridized carbons (Fsp3) is 0.684. The Labute approximate surface area is 135 Å². The van der Waals surface area contributed by atoms with E-state index in [9.17, 15) is 5.11 Å². The first-order chi connectivity index (χ1) is 10.3. The molecule has 3 heteroatoms. The molecule has 1 fully saturated rings. The first-order valence-corrected chi connectivity index (χ1v) is 8.50. The summed E-state index contributed by atoms with van der Waals surface area (Å²) in [5.41, 5.74) is 3.43. The van der Waals surface area contributed by atoms with Gasteiger partial charge in [0.15, 0.2) is 0 Å². The van der Waals surface area contributed by atoms with Crippen LogP contribution in [0.5, 0.6) is 5.75 Å². The summed E-state index contributed by atoms with van der Waals surface area (Å²) in [6, 6.07) is 5.23. The van der Waals surface area contributed by atoms with Gasteiger partial charge in [-0.1, -0.05) is 39.8 Å². The SMILES string of the molecule is CC(C)c1cc(CN2[C@H](C)COC[C@@H]2C)cc(C(C)C)c1O. The number of nitrogens with zero attached hydrogens (tertiary/aromatic N) is 1. The van der Waals surface area contributed by atoms with E-state index in [1.807, 2.05) is 0 Å². The zero-order valence-corrected chi connectivity index (χ0v) is 14.9. The van der Waals surface area contributed by atoms with E-state index in [4.69, 9.17) is 4.74 Å². The number of aromatic hydroxyl groups is 1. The lowest BCUT2D eigenvalue weighted by Crippen LogP contribution is -2.48. The number of phenolic OH excluding ortho intramolecular Hbond substituents is 1. The summed E-state index contributed by atoms with van der Waals surface area (Å²) in [6.07, 6.45) is 0. The highest BCUT2D eigenvalue weighted by Gasteiger charge is 2.26. The minimum absolute atomic E-state index is 0.331. The van der Waals surface area contributed by atoms with Crippen molar-refractivity contribution in [2.75, 3.05) is 13.2 Å². The molecule has 0 spiro atoms. The third kappa shape index (κ3) is 3.64. The predicted octanol–water partition coefficient (Wildman–Crippen LogP) is 4.25. The minimum Gasteiger partial charge on any atom is -0.507 e. The third-order valence-corrected chi connectivity index (χ3v) is 4.69. The van der Waals surface area contributed by atoms with Gasteiger partial charge in [-0.05, 0) is 42.4 Å². The van der Waals surface area contributed by atoms with E-state index in [2.05, 4.69) is 58.6 Å². The molecule has 1 aromatic rings. The van der Waals surface area contributed by atoms with Crippen molar-refractivity contribution in [3.63, 3.8) is 0 Å². The number of benzene rings is 1. The van der Waals surface area contributed by atoms with E-state index in [0.717, 1.165) is 30.9 Å². The average molecular weight is 305 g/mol. The van der Waals surface area contributed by atoms with Crippen LogP contribution in [0.2, 0.25) is 0 Å². The van der Waals surface area contributed by atoms with Gasteiger partial charge in [0, 0.05) is 18.6 Å². The summed E-state index contributed by atoms with van der Waals surface area (Å²) >= 11 is 0. The standard InChI is InChI=1S/C19H31NO2/c1-12(2)17-7-16(8-18(13(3)4)19(17)21)9-20-14(5)10-22-11-15(20)6/h7-8,12-15,21H,9-11H2,1-6H3/t14-,15+. The molecule has 1 aliphatic heterocycles. The van der Waals surface area contributed by atoms with Gasteiger partial charge in [-0.25, -0.2) is 0 Å². The van der Waals surface area contributed by atoms with Gasteiger partial charge in [0.05, 0.1) is 13.2 Å². The maximum Gasteiger partial charge on any atom is 0.122 e. The van der Waals surface area contributed by atoms with Crippen LogP contribution in [0.3, 0.4) is 0 Å². The van der Waals surface area contributed by atoms with Crippen molar-refractivity contribution in [1.29, 1.82) is 0 Å². The Kier molecular flexibility index (Phi) is 5.51. The zero-order chi connectivity index (χ0) is 16.4. The molecule has 22 heavy (non-hydrogen) atoms. The van der Waals surface area contributed by atoms with Gasteiger partial charge in [0.25, 0.3) is 0 Å². The molecule has 1 heterocycles. The maximum absolute atomic E-state index is 10.5. The number of rotatable bonds is 4. The van der Waals surface area contributed by atoms with Gasteiger partial charge >= 0.3 is 0 Å². The maximum atomic E-state index is 10.5. The summed E-state index contributed by atoms with van der Waals surface area (Å²) in [6.45, 7) is 15.5. The molecule has 1 aromatic carbocycles. The molecular weight excluding hydrogens is 274 g/mol. The summed E-state index contributed by atoms with van der Waals surface area (Å²) in [5.74, 6) is 1.14. The van der Waals surface area contributed by atoms with Gasteiger partial charge in [0.1, 0.15) is 5.75 Å². The predicted molar refractivity (Wildman–Crippen MR) is 91.6 cm³/mol. The number of phenols is 1. The zero-order valence-electron chi connectivity index (χ0n) is 14.9. The second kappa shape index (κ2) is 7.01. The lowest BCUT2D eigenvalue weighted by atomic mass is 9.91. The molecule has 0 radical (unpaired) electrons. The van der Waals surface area contributed by atoms with Crippen molar-refractivity contribution in [3.8, 4) is 5.75 Å². The quantitative estimate of drug-likeness (QED) is 0.902. The van der Waals surface area contributed by atoms with Gasteiger partial charge in [0.2, 0.25) is 0 Å². The van der Waals surface area contributed by atoms with Crippen LogP contribution in [0.4, 0.5) is 0 Å². The molecule has 0 amide bonds. The molecule has 3 nitrogen and oxygen atoms in total. The topological polar surface area (TPSA) is 32.7 Å². The van der Waals surface area contributed by atoms with Crippen LogP contribution >= 0.6 is 0 Å². The summed E-state index contributed by atoms with van der Waals surface area (Å²) in [4.78, 5) is 2.50. The van der Waals surface area contributed by atoms with Gasteiger partial charge in [-0.15, -0.1) is 0 Å². The molecule has 1 saturated heterocycles. The molecular formula is C19H31NO2. The van der Waals surface area contributed by atoms with Gasteiger partial charge in [-0.3, -0.25) is 4.90 Å². The summed E-state index contributed by atoms with van der Waals surface area (Å²) in [5, 5.41) is 10.5. The lowest BCUT2D eigenvalue weighted by molar-refractivity contribution is -0.0409. The Morgan fingerprint density at radius 2 is 1.50 bits per heavy atom. The molecule has 0 unspecified atom stereocenters. The molecule has 0 aliphatic carbocycles. The number of ether oxygens (including phenoxy) is 1. The molecule has 124 valence electrons. The molecule has 0 aromatic heterocycles. The van der Waals surface area contributed by atoms with Crippen LogP contribution in [0.1, 0.15) is 70.1 Å². The van der Waals surface area contributed by atoms with E-state index in [1.54, 1.807) is 0 Å². The van der Waals surface area contributed by atoms with Crippen LogP contribution in [-0.4, -0.2) is 35.3 Å². The first-order valence-electron chi connectivity index (χ1n) is 8.50. The number of hydrogen-bond acceptors (Lipinski definition) is 3. The van der Waals surface area contributed by atoms with Crippen molar-refractivity contribution < 1.29 is 9.84 Å². The van der Waals surface area contributed by atoms with Crippen LogP contribution in [-0.2, 0) is 11.3 Å². The summed E-state index contributed by atoms with van der Waals surface area (Å²) in [7, 11) is 0. The monoisotopic (exact) mass is 305 g/mol. The molecule has 2 rings (SSSR count). The molecule has 0 bridgehead atoms. The van der Waals surface area contributed by atoms with Crippen molar-refractivity contribution >= 4 is 0 Å². The second-order valence-corrected chi connectivity index (χ2v) is 7.34. The first kappa shape index (κ1) is 17.3. The lowest BCUT2D eigenvalue weighted by Gasteiger charge is -2.39. The Balaban J connectivity index is 2.34. The van der Waals surface area contributed by atoms with Crippen LogP contribution in [0, 0.1) is 0 Å². The highest BCUT2D eigenvalue weighted by atomic mass is 16.5. The fourth-order valence-electron chi connectivity index (χ4n) is 3.27. The van der Waals surface area contributed by atoms with Crippen molar-refractivity contribution in [1.82, 2.24) is 4.90 Å². The highest BCUT2D eigenvalue weighted by Crippen LogP contribution is 2.35. The van der Waals surface area contributed by atoms with Crippen LogP contribution in [0.15, 0.2) is 12.1 Å². The normalized spacial score (nSPS) is 23.5. The van der Waals surface area contributed by atoms with E-state index < -0.39 is 0 Å². The fourth-order valence-corrected chi connectivity index (χ4v) is 3.27. The molecule has 0 saturated carbocycles. The Morgan fingerprint density at radius 3 is 1.91 bits per heavy atom. The van der Waals surface area contributed by atoms with Gasteiger partial charge < -0.3 is 9.84 Å². The average Bonchev–Trinajstić information content (AvgIpc) is 2.43. The third-order valence-electron chi connectivity index (χ3n) is 4.69. The Morgan fingerprint density at radius 1 is 1.05 bits per heavy atom. The summed E-state index contributed by atoms with van der Waals surface area (Å²) < 4.78 is 5.62. The van der Waals surface area contributed by atoms with E-state index in [0.29, 0.717) is 29.7 Å². The molecule has 1 N–H and O–H groups in total. The van der Waals surface area contributed by atoms with Crippen molar-refractivity contribution in [2.45, 2.75) is 72.0 Å².